The fraction of sp³-hybridized carbons (Fsp3) is 0.556. The summed E-state index contributed by atoms with van der Waals surface area (Å²) < 4.78 is 16.4. The fourth-order valence-corrected chi connectivity index (χ4v) is 2.62. The molecule has 6 heteroatoms. The van der Waals surface area contributed by atoms with Gasteiger partial charge in [0.25, 0.3) is 0 Å². The van der Waals surface area contributed by atoms with Crippen LogP contribution in [0.2, 0.25) is 0 Å². The van der Waals surface area contributed by atoms with E-state index in [2.05, 4.69) is 25.3 Å². The van der Waals surface area contributed by atoms with E-state index in [1.165, 1.54) is 11.3 Å². The highest BCUT2D eigenvalue weighted by molar-refractivity contribution is 9.11. The second-order valence-electron chi connectivity index (χ2n) is 4.02. The zero-order valence-corrected chi connectivity index (χ0v) is 12.3. The summed E-state index contributed by atoms with van der Waals surface area (Å²) in [6.07, 6.45) is 1.73. The SMILES string of the molecule is CC(=N[S@@+]([O-])C(C)(C)C)c1cnc(Br)s1. The summed E-state index contributed by atoms with van der Waals surface area (Å²) in [6.45, 7) is 7.57. The lowest BCUT2D eigenvalue weighted by molar-refractivity contribution is 0.561. The van der Waals surface area contributed by atoms with Crippen molar-refractivity contribution in [3.8, 4) is 0 Å². The largest absolute Gasteiger partial charge is 0.591 e. The zero-order chi connectivity index (χ0) is 11.6. The molecule has 0 aliphatic heterocycles. The Bertz CT molecular complexity index is 370. The van der Waals surface area contributed by atoms with Gasteiger partial charge in [0.05, 0.1) is 4.88 Å². The summed E-state index contributed by atoms with van der Waals surface area (Å²) in [5.41, 5.74) is 0.770. The first-order valence-corrected chi connectivity index (χ1v) is 7.11. The monoisotopic (exact) mass is 308 g/mol. The van der Waals surface area contributed by atoms with Crippen LogP contribution >= 0.6 is 27.3 Å². The van der Waals surface area contributed by atoms with Crippen LogP contribution in [0.5, 0.6) is 0 Å². The Balaban J connectivity index is 2.85. The van der Waals surface area contributed by atoms with Crippen molar-refractivity contribution in [2.45, 2.75) is 32.4 Å². The highest BCUT2D eigenvalue weighted by atomic mass is 79.9. The minimum absolute atomic E-state index is 0.316. The van der Waals surface area contributed by atoms with E-state index >= 15 is 0 Å². The van der Waals surface area contributed by atoms with E-state index in [0.717, 1.165) is 14.5 Å². The maximum Gasteiger partial charge on any atom is 0.159 e. The normalized spacial score (nSPS) is 15.5. The first kappa shape index (κ1) is 13.2. The molecule has 1 rings (SSSR count). The lowest BCUT2D eigenvalue weighted by atomic mass is 10.3. The van der Waals surface area contributed by atoms with Gasteiger partial charge in [0.2, 0.25) is 0 Å². The summed E-state index contributed by atoms with van der Waals surface area (Å²) in [4.78, 5) is 5.01. The molecule has 0 amide bonds. The fourth-order valence-electron chi connectivity index (χ4n) is 0.726. The molecule has 0 aromatic carbocycles. The molecule has 1 heterocycles. The van der Waals surface area contributed by atoms with Crippen LogP contribution in [-0.2, 0) is 11.4 Å². The van der Waals surface area contributed by atoms with E-state index in [1.807, 2.05) is 27.7 Å². The molecular formula is C9H13BrN2OS2. The molecule has 1 aromatic rings. The van der Waals surface area contributed by atoms with Crippen molar-refractivity contribution in [3.05, 3.63) is 15.0 Å². The van der Waals surface area contributed by atoms with Crippen molar-refractivity contribution in [2.24, 2.45) is 4.40 Å². The van der Waals surface area contributed by atoms with Crippen molar-refractivity contribution in [3.63, 3.8) is 0 Å². The predicted molar refractivity (Wildman–Crippen MR) is 69.9 cm³/mol. The minimum atomic E-state index is -1.21. The summed E-state index contributed by atoms with van der Waals surface area (Å²) in [5, 5.41) is 0. The zero-order valence-electron chi connectivity index (χ0n) is 9.07. The topological polar surface area (TPSA) is 48.3 Å². The Kier molecular flexibility index (Phi) is 4.34. The molecule has 3 nitrogen and oxygen atoms in total. The molecule has 0 unspecified atom stereocenters. The van der Waals surface area contributed by atoms with Crippen molar-refractivity contribution in [1.82, 2.24) is 4.98 Å². The summed E-state index contributed by atoms with van der Waals surface area (Å²) in [6, 6.07) is 0. The van der Waals surface area contributed by atoms with Gasteiger partial charge in [-0.3, -0.25) is 0 Å². The van der Waals surface area contributed by atoms with Crippen LogP contribution in [0.4, 0.5) is 0 Å². The Labute approximate surface area is 105 Å². The van der Waals surface area contributed by atoms with Crippen molar-refractivity contribution in [2.75, 3.05) is 0 Å². The van der Waals surface area contributed by atoms with Gasteiger partial charge in [0.1, 0.15) is 21.8 Å². The molecule has 15 heavy (non-hydrogen) atoms. The highest BCUT2D eigenvalue weighted by Crippen LogP contribution is 2.22. The second-order valence-corrected chi connectivity index (χ2v) is 8.23. The Morgan fingerprint density at radius 3 is 2.60 bits per heavy atom. The minimum Gasteiger partial charge on any atom is -0.591 e. The lowest BCUT2D eigenvalue weighted by Gasteiger charge is -2.18. The summed E-state index contributed by atoms with van der Waals surface area (Å²) in [7, 11) is 0. The third-order valence-corrected chi connectivity index (χ3v) is 4.65. The number of rotatable bonds is 2. The van der Waals surface area contributed by atoms with E-state index in [9.17, 15) is 4.55 Å². The van der Waals surface area contributed by atoms with Gasteiger partial charge in [0, 0.05) is 6.20 Å². The molecule has 0 fully saturated rings. The van der Waals surface area contributed by atoms with Crippen LogP contribution < -0.4 is 0 Å². The standard InChI is InChI=1S/C9H13BrN2OS2/c1-6(7-5-11-8(10)14-7)12-15(13)9(2,3)4/h5H,1-4H3/t15-/m0/s1. The molecule has 84 valence electrons. The van der Waals surface area contributed by atoms with Gasteiger partial charge in [0.15, 0.2) is 3.92 Å². The van der Waals surface area contributed by atoms with Gasteiger partial charge in [-0.25, -0.2) is 4.98 Å². The van der Waals surface area contributed by atoms with Crippen LogP contribution in [0.15, 0.2) is 14.5 Å². The van der Waals surface area contributed by atoms with Gasteiger partial charge in [-0.05, 0) is 43.6 Å². The maximum atomic E-state index is 11.8. The average Bonchev–Trinajstić information content (AvgIpc) is 2.50. The number of hydrogen-bond acceptors (Lipinski definition) is 4. The number of aromatic nitrogens is 1. The Hall–Kier alpha value is 0.0900. The molecule has 1 aromatic heterocycles. The smallest absolute Gasteiger partial charge is 0.159 e. The lowest BCUT2D eigenvalue weighted by Crippen LogP contribution is -2.26. The highest BCUT2D eigenvalue weighted by Gasteiger charge is 2.26. The molecule has 0 aliphatic carbocycles. The van der Waals surface area contributed by atoms with Gasteiger partial charge < -0.3 is 4.55 Å². The first-order chi connectivity index (χ1) is 6.80. The summed E-state index contributed by atoms with van der Waals surface area (Å²) >= 11 is 3.56. The van der Waals surface area contributed by atoms with E-state index in [1.54, 1.807) is 6.20 Å². The quantitative estimate of drug-likeness (QED) is 0.622. The van der Waals surface area contributed by atoms with E-state index in [-0.39, 0.29) is 4.75 Å². The number of halogens is 1. The van der Waals surface area contributed by atoms with Crippen LogP contribution in [0.3, 0.4) is 0 Å². The van der Waals surface area contributed by atoms with Crippen molar-refractivity contribution < 1.29 is 4.55 Å². The van der Waals surface area contributed by atoms with Gasteiger partial charge >= 0.3 is 0 Å². The Morgan fingerprint density at radius 1 is 1.60 bits per heavy atom. The van der Waals surface area contributed by atoms with Gasteiger partial charge in [-0.15, -0.1) is 11.3 Å². The molecular weight excluding hydrogens is 296 g/mol. The van der Waals surface area contributed by atoms with E-state index in [4.69, 9.17) is 0 Å². The molecule has 0 aliphatic rings. The van der Waals surface area contributed by atoms with Gasteiger partial charge in [-0.2, -0.15) is 0 Å². The van der Waals surface area contributed by atoms with Crippen molar-refractivity contribution in [1.29, 1.82) is 0 Å². The van der Waals surface area contributed by atoms with E-state index in [0.29, 0.717) is 0 Å². The first-order valence-electron chi connectivity index (χ1n) is 4.39. The molecule has 1 atom stereocenters. The molecule has 0 N–H and O–H groups in total. The Morgan fingerprint density at radius 2 is 2.20 bits per heavy atom. The van der Waals surface area contributed by atoms with Crippen LogP contribution in [-0.4, -0.2) is 20.0 Å². The molecule has 0 bridgehead atoms. The van der Waals surface area contributed by atoms with E-state index < -0.39 is 11.4 Å². The third-order valence-electron chi connectivity index (χ3n) is 1.58. The maximum absolute atomic E-state index is 11.8. The third kappa shape index (κ3) is 3.86. The molecule has 0 spiro atoms. The number of thiazole rings is 1. The van der Waals surface area contributed by atoms with Crippen molar-refractivity contribution >= 4 is 44.3 Å². The second kappa shape index (κ2) is 4.95. The average molecular weight is 309 g/mol. The molecule has 0 radical (unpaired) electrons. The van der Waals surface area contributed by atoms with Gasteiger partial charge in [-0.1, -0.05) is 4.40 Å². The number of nitrogens with zero attached hydrogens (tertiary/aromatic N) is 2. The molecule has 0 saturated carbocycles. The predicted octanol–water partition coefficient (Wildman–Crippen LogP) is 3.18. The molecule has 0 saturated heterocycles. The van der Waals surface area contributed by atoms with Crippen LogP contribution in [0, 0.1) is 0 Å². The number of hydrogen-bond donors (Lipinski definition) is 0. The summed E-state index contributed by atoms with van der Waals surface area (Å²) in [5.74, 6) is 0. The van der Waals surface area contributed by atoms with Crippen LogP contribution in [0.25, 0.3) is 0 Å². The van der Waals surface area contributed by atoms with Crippen LogP contribution in [0.1, 0.15) is 32.6 Å².